The minimum absolute atomic E-state index is 0.0248. The third-order valence-electron chi connectivity index (χ3n) is 3.15. The molecule has 0 aliphatic heterocycles. The molecule has 6 heteroatoms. The number of hydrogen-bond acceptors (Lipinski definition) is 3. The van der Waals surface area contributed by atoms with E-state index in [-0.39, 0.29) is 18.5 Å². The molecular formula is C12H22N2O3S. The predicted octanol–water partition coefficient (Wildman–Crippen LogP) is 0.883. The molecule has 18 heavy (non-hydrogen) atoms. The molecule has 1 aliphatic carbocycles. The second-order valence-electron chi connectivity index (χ2n) is 4.69. The van der Waals surface area contributed by atoms with Crippen molar-refractivity contribution in [3.05, 3.63) is 12.7 Å². The summed E-state index contributed by atoms with van der Waals surface area (Å²) in [5, 5.41) is 2.61. The second-order valence-corrected chi connectivity index (χ2v) is 6.63. The monoisotopic (exact) mass is 274 g/mol. The highest BCUT2D eigenvalue weighted by Crippen LogP contribution is 2.24. The number of nitrogens with one attached hydrogen (secondary N) is 1. The van der Waals surface area contributed by atoms with E-state index in [4.69, 9.17) is 0 Å². The predicted molar refractivity (Wildman–Crippen MR) is 71.6 cm³/mol. The Bertz CT molecular complexity index is 386. The lowest BCUT2D eigenvalue weighted by molar-refractivity contribution is -0.121. The molecule has 0 saturated heterocycles. The molecule has 1 saturated carbocycles. The summed E-state index contributed by atoms with van der Waals surface area (Å²) in [6, 6.07) is -0.0248. The van der Waals surface area contributed by atoms with Crippen LogP contribution in [0.1, 0.15) is 32.1 Å². The summed E-state index contributed by atoms with van der Waals surface area (Å²) in [5.41, 5.74) is 0. The number of hydrogen-bond donors (Lipinski definition) is 1. The highest BCUT2D eigenvalue weighted by molar-refractivity contribution is 7.88. The summed E-state index contributed by atoms with van der Waals surface area (Å²) >= 11 is 0. The SMILES string of the molecule is C=CCNC(=O)CN(C1CCCCC1)S(C)(=O)=O. The van der Waals surface area contributed by atoms with Crippen LogP contribution >= 0.6 is 0 Å². The number of nitrogens with zero attached hydrogens (tertiary/aromatic N) is 1. The van der Waals surface area contributed by atoms with Crippen LogP contribution in [0.15, 0.2) is 12.7 Å². The van der Waals surface area contributed by atoms with E-state index in [0.717, 1.165) is 32.1 Å². The number of carbonyl (C=O) groups is 1. The van der Waals surface area contributed by atoms with Crippen LogP contribution in [0.4, 0.5) is 0 Å². The average Bonchev–Trinajstić information content (AvgIpc) is 2.33. The molecule has 0 aromatic rings. The summed E-state index contributed by atoms with van der Waals surface area (Å²) in [7, 11) is -3.34. The highest BCUT2D eigenvalue weighted by atomic mass is 32.2. The highest BCUT2D eigenvalue weighted by Gasteiger charge is 2.29. The molecule has 0 heterocycles. The first-order valence-electron chi connectivity index (χ1n) is 6.29. The summed E-state index contributed by atoms with van der Waals surface area (Å²) < 4.78 is 24.9. The second kappa shape index (κ2) is 6.89. The van der Waals surface area contributed by atoms with Crippen molar-refractivity contribution in [3.8, 4) is 0 Å². The molecule has 1 aliphatic rings. The molecule has 1 N–H and O–H groups in total. The third-order valence-corrected chi connectivity index (χ3v) is 4.43. The number of carbonyl (C=O) groups excluding carboxylic acids is 1. The van der Waals surface area contributed by atoms with E-state index < -0.39 is 10.0 Å². The summed E-state index contributed by atoms with van der Waals surface area (Å²) in [5.74, 6) is -0.272. The fourth-order valence-corrected chi connectivity index (χ4v) is 3.37. The number of sulfonamides is 1. The van der Waals surface area contributed by atoms with E-state index in [1.807, 2.05) is 0 Å². The Kier molecular flexibility index (Phi) is 5.81. The van der Waals surface area contributed by atoms with Gasteiger partial charge in [0.05, 0.1) is 12.8 Å². The lowest BCUT2D eigenvalue weighted by Gasteiger charge is -2.31. The van der Waals surface area contributed by atoms with Crippen molar-refractivity contribution in [1.29, 1.82) is 0 Å². The fraction of sp³-hybridized carbons (Fsp3) is 0.750. The zero-order valence-electron chi connectivity index (χ0n) is 10.9. The molecule has 1 amide bonds. The van der Waals surface area contributed by atoms with Crippen molar-refractivity contribution in [2.45, 2.75) is 38.1 Å². The van der Waals surface area contributed by atoms with Crippen molar-refractivity contribution < 1.29 is 13.2 Å². The lowest BCUT2D eigenvalue weighted by Crippen LogP contribution is -2.46. The topological polar surface area (TPSA) is 66.5 Å². The zero-order valence-corrected chi connectivity index (χ0v) is 11.7. The molecule has 0 atom stereocenters. The van der Waals surface area contributed by atoms with Gasteiger partial charge in [-0.25, -0.2) is 8.42 Å². The van der Waals surface area contributed by atoms with E-state index >= 15 is 0 Å². The summed E-state index contributed by atoms with van der Waals surface area (Å²) in [6.45, 7) is 3.78. The van der Waals surface area contributed by atoms with Crippen molar-refractivity contribution in [3.63, 3.8) is 0 Å². The van der Waals surface area contributed by atoms with Gasteiger partial charge in [0.1, 0.15) is 0 Å². The molecule has 0 bridgehead atoms. The van der Waals surface area contributed by atoms with E-state index in [0.29, 0.717) is 6.54 Å². The average molecular weight is 274 g/mol. The molecule has 5 nitrogen and oxygen atoms in total. The van der Waals surface area contributed by atoms with Gasteiger partial charge in [0.2, 0.25) is 15.9 Å². The molecule has 0 radical (unpaired) electrons. The van der Waals surface area contributed by atoms with E-state index in [9.17, 15) is 13.2 Å². The molecule has 1 rings (SSSR count). The fourth-order valence-electron chi connectivity index (χ4n) is 2.27. The van der Waals surface area contributed by atoms with Gasteiger partial charge in [-0.05, 0) is 12.8 Å². The smallest absolute Gasteiger partial charge is 0.235 e. The van der Waals surface area contributed by atoms with Gasteiger partial charge < -0.3 is 5.32 Å². The van der Waals surface area contributed by atoms with E-state index in [1.54, 1.807) is 6.08 Å². The van der Waals surface area contributed by atoms with E-state index in [2.05, 4.69) is 11.9 Å². The van der Waals surface area contributed by atoms with Crippen LogP contribution in [0.2, 0.25) is 0 Å². The van der Waals surface area contributed by atoms with Gasteiger partial charge in [0.15, 0.2) is 0 Å². The molecule has 104 valence electrons. The quantitative estimate of drug-likeness (QED) is 0.731. The molecule has 0 aromatic heterocycles. The van der Waals surface area contributed by atoms with Gasteiger partial charge in [-0.15, -0.1) is 6.58 Å². The summed E-state index contributed by atoms with van der Waals surface area (Å²) in [6.07, 6.45) is 7.65. The molecule has 0 aromatic carbocycles. The van der Waals surface area contributed by atoms with E-state index in [1.165, 1.54) is 10.6 Å². The first kappa shape index (κ1) is 15.2. The Morgan fingerprint density at radius 2 is 2.00 bits per heavy atom. The Morgan fingerprint density at radius 1 is 1.39 bits per heavy atom. The Hall–Kier alpha value is -0.880. The standard InChI is InChI=1S/C12H22N2O3S/c1-3-9-13-12(15)10-14(18(2,16)17)11-7-5-4-6-8-11/h3,11H,1,4-10H2,2H3,(H,13,15). The number of rotatable bonds is 6. The number of amides is 1. The van der Waals surface area contributed by atoms with Crippen LogP contribution < -0.4 is 5.32 Å². The van der Waals surface area contributed by atoms with Crippen molar-refractivity contribution >= 4 is 15.9 Å². The third kappa shape index (κ3) is 4.78. The molecule has 0 unspecified atom stereocenters. The van der Waals surface area contributed by atoms with Crippen molar-refractivity contribution in [1.82, 2.24) is 9.62 Å². The minimum atomic E-state index is -3.34. The Labute approximate surface area is 109 Å². The first-order valence-corrected chi connectivity index (χ1v) is 8.14. The van der Waals surface area contributed by atoms with Crippen LogP contribution in [0, 0.1) is 0 Å². The van der Waals surface area contributed by atoms with Gasteiger partial charge in [-0.1, -0.05) is 25.3 Å². The van der Waals surface area contributed by atoms with Crippen molar-refractivity contribution in [2.24, 2.45) is 0 Å². The van der Waals surface area contributed by atoms with Crippen LogP contribution in [0.5, 0.6) is 0 Å². The van der Waals surface area contributed by atoms with Crippen LogP contribution in [0.3, 0.4) is 0 Å². The molecular weight excluding hydrogens is 252 g/mol. The largest absolute Gasteiger partial charge is 0.351 e. The van der Waals surface area contributed by atoms with Crippen LogP contribution in [-0.2, 0) is 14.8 Å². The first-order chi connectivity index (χ1) is 8.45. The van der Waals surface area contributed by atoms with Gasteiger partial charge in [-0.3, -0.25) is 4.79 Å². The maximum Gasteiger partial charge on any atom is 0.235 e. The lowest BCUT2D eigenvalue weighted by atomic mass is 9.95. The maximum absolute atomic E-state index is 11.8. The van der Waals surface area contributed by atoms with Gasteiger partial charge >= 0.3 is 0 Å². The summed E-state index contributed by atoms with van der Waals surface area (Å²) in [4.78, 5) is 11.6. The minimum Gasteiger partial charge on any atom is -0.351 e. The van der Waals surface area contributed by atoms with Crippen molar-refractivity contribution in [2.75, 3.05) is 19.3 Å². The van der Waals surface area contributed by atoms with Gasteiger partial charge in [0, 0.05) is 12.6 Å². The van der Waals surface area contributed by atoms with Crippen LogP contribution in [-0.4, -0.2) is 44.0 Å². The molecule has 1 fully saturated rings. The molecule has 0 spiro atoms. The Balaban J connectivity index is 2.66. The van der Waals surface area contributed by atoms with Crippen LogP contribution in [0.25, 0.3) is 0 Å². The van der Waals surface area contributed by atoms with Gasteiger partial charge in [-0.2, -0.15) is 4.31 Å². The normalized spacial score (nSPS) is 17.7. The Morgan fingerprint density at radius 3 is 2.50 bits per heavy atom. The maximum atomic E-state index is 11.8. The van der Waals surface area contributed by atoms with Gasteiger partial charge in [0.25, 0.3) is 0 Å². The zero-order chi connectivity index (χ0) is 13.6.